The van der Waals surface area contributed by atoms with Gasteiger partial charge in [-0.1, -0.05) is 6.07 Å². The van der Waals surface area contributed by atoms with Crippen molar-refractivity contribution in [1.82, 2.24) is 15.0 Å². The summed E-state index contributed by atoms with van der Waals surface area (Å²) in [6.07, 6.45) is 0. The number of hydrogen-bond donors (Lipinski definition) is 5. The van der Waals surface area contributed by atoms with Gasteiger partial charge in [0, 0.05) is 22.0 Å². The molecule has 1 heterocycles. The van der Waals surface area contributed by atoms with Gasteiger partial charge in [-0.05, 0) is 91.0 Å². The summed E-state index contributed by atoms with van der Waals surface area (Å²) in [7, 11) is -13.1. The van der Waals surface area contributed by atoms with E-state index in [0.717, 1.165) is 6.07 Å². The fraction of sp³-hybridized carbons (Fsp3) is 0.108. The number of rotatable bonds is 31. The van der Waals surface area contributed by atoms with Gasteiger partial charge in [0.15, 0.2) is 44.3 Å². The molecule has 0 amide bonds. The molecular formula is C37H31N12Na5O21S7. The molecule has 0 aliphatic rings. The van der Waals surface area contributed by atoms with Crippen LogP contribution in [0.5, 0.6) is 0 Å². The predicted octanol–water partition coefficient (Wildman–Crippen LogP) is -11.4. The van der Waals surface area contributed by atoms with Crippen molar-refractivity contribution in [3.8, 4) is 0 Å². The summed E-state index contributed by atoms with van der Waals surface area (Å²) in [5.74, 6) is -1.33. The third-order valence-corrected chi connectivity index (χ3v) is 15.3. The van der Waals surface area contributed by atoms with Crippen LogP contribution in [0.4, 0.5) is 69.0 Å². The van der Waals surface area contributed by atoms with Gasteiger partial charge in [-0.3, -0.25) is 28.5 Å². The predicted molar refractivity (Wildman–Crippen MR) is 259 cm³/mol. The SMILES string of the molecule is Nc1c(N=Nc2ccc(S(=O)(=O)CCOSOO[O-])cc2)cc(S(=O)(=O)[O-])c(N)c1N=Nc1cc(Nc2nc(Nc3ccc(S(=O)(=O)CCOSOO[O-])cc3)nc(Nc3cccc(SOO[O-])c3)n2)ccc1SOO[O-].[Na+].[Na+].[Na+].[Na+].[Na+]. The number of nitrogens with zero attached hydrogens (tertiary/aromatic N) is 7. The zero-order valence-corrected chi connectivity index (χ0v) is 58.5. The number of aromatic nitrogens is 3. The van der Waals surface area contributed by atoms with Crippen molar-refractivity contribution in [3.63, 3.8) is 0 Å². The van der Waals surface area contributed by atoms with Crippen LogP contribution in [0.2, 0.25) is 0 Å². The van der Waals surface area contributed by atoms with Crippen LogP contribution < -0.4 is 196 Å². The van der Waals surface area contributed by atoms with E-state index in [0.29, 0.717) is 40.4 Å². The van der Waals surface area contributed by atoms with Gasteiger partial charge in [-0.15, -0.1) is 24.0 Å². The number of nitrogen functional groups attached to an aromatic ring is 2. The van der Waals surface area contributed by atoms with Crippen LogP contribution in [0.3, 0.4) is 0 Å². The minimum Gasteiger partial charge on any atom is -0.744 e. The molecule has 0 bridgehead atoms. The molecule has 6 aromatic rings. The average Bonchev–Trinajstić information content (AvgIpc) is 3.61. The Labute approximate surface area is 592 Å². The van der Waals surface area contributed by atoms with E-state index in [1.54, 1.807) is 24.3 Å². The maximum atomic E-state index is 12.8. The summed E-state index contributed by atoms with van der Waals surface area (Å²) < 4.78 is 115. The van der Waals surface area contributed by atoms with Gasteiger partial charge in [0.1, 0.15) is 27.2 Å². The minimum absolute atomic E-state index is 0. The van der Waals surface area contributed by atoms with Gasteiger partial charge < -0.3 is 53.0 Å². The van der Waals surface area contributed by atoms with Gasteiger partial charge in [-0.25, -0.2) is 25.3 Å². The maximum Gasteiger partial charge on any atom is 1.00 e. The standard InChI is InChI=1S/C37H36N12O21S7.5Na/c38-32-29(48-46-22-6-11-27(12-7-22)76(56,57)17-15-62-74-70-66-53)20-31(77(58,59)60)33(39)34(32)49-47-28-19-24(8-13-30(28)72-68-64-51)42-37-44-35(43-36(45-37)41-23-2-1-3-25(18-23)71-67-63-50)40-21-4-9-26(10-5-21)75(54,55)16-14-61-73-69-65-52;;;;;/h1-13,18-20,50-53H,14-17,38-39H2,(H,58,59,60)(H3,40,41,42,43,44,45);;;;;/q;5*+1/p-5. The van der Waals surface area contributed by atoms with Gasteiger partial charge in [-0.2, -0.15) is 28.7 Å². The van der Waals surface area contributed by atoms with Crippen LogP contribution in [-0.4, -0.2) is 69.5 Å². The van der Waals surface area contributed by atoms with Crippen molar-refractivity contribution in [2.75, 3.05) is 52.1 Å². The molecule has 33 nitrogen and oxygen atoms in total. The van der Waals surface area contributed by atoms with E-state index in [-0.39, 0.29) is 235 Å². The first-order valence-corrected chi connectivity index (χ1v) is 27.7. The Balaban J connectivity index is 0.00000672. The second kappa shape index (κ2) is 39.8. The topological polar surface area (TPSA) is 486 Å². The molecule has 0 aliphatic heterocycles. The summed E-state index contributed by atoms with van der Waals surface area (Å²) in [5, 5.41) is 79.2. The van der Waals surface area contributed by atoms with E-state index in [2.05, 4.69) is 88.8 Å². The first-order valence-electron chi connectivity index (χ1n) is 20.2. The summed E-state index contributed by atoms with van der Waals surface area (Å²) in [4.78, 5) is 12.5. The van der Waals surface area contributed by atoms with E-state index in [1.807, 2.05) is 0 Å². The van der Waals surface area contributed by atoms with Crippen molar-refractivity contribution in [3.05, 3.63) is 97.1 Å². The fourth-order valence-electron chi connectivity index (χ4n) is 5.80. The molecule has 0 fully saturated rings. The minimum atomic E-state index is -5.35. The van der Waals surface area contributed by atoms with Crippen molar-refractivity contribution in [2.24, 2.45) is 20.5 Å². The summed E-state index contributed by atoms with van der Waals surface area (Å²) in [5.41, 5.74) is 11.0. The Morgan fingerprint density at radius 3 is 1.51 bits per heavy atom. The van der Waals surface area contributed by atoms with Crippen LogP contribution in [0.25, 0.3) is 0 Å². The quantitative estimate of drug-likeness (QED) is 0.00394. The largest absolute Gasteiger partial charge is 1.00 e. The number of nitrogens with one attached hydrogen (secondary N) is 3. The van der Waals surface area contributed by atoms with Crippen molar-refractivity contribution in [1.29, 1.82) is 0 Å². The Morgan fingerprint density at radius 2 is 0.988 bits per heavy atom. The van der Waals surface area contributed by atoms with Crippen molar-refractivity contribution in [2.45, 2.75) is 24.5 Å². The van der Waals surface area contributed by atoms with Crippen LogP contribution in [0.15, 0.2) is 142 Å². The van der Waals surface area contributed by atoms with Gasteiger partial charge >= 0.3 is 148 Å². The third kappa shape index (κ3) is 25.2. The molecule has 7 N–H and O–H groups in total. The average molecular weight is 1320 g/mol. The third-order valence-electron chi connectivity index (χ3n) is 9.11. The number of nitrogens with two attached hydrogens (primary N) is 2. The molecule has 0 unspecified atom stereocenters. The number of hydrogen-bond acceptors (Lipinski definition) is 37. The summed E-state index contributed by atoms with van der Waals surface area (Å²) >= 11 is 1.28. The molecule has 82 heavy (non-hydrogen) atoms. The van der Waals surface area contributed by atoms with Crippen molar-refractivity contribution >= 4 is 148 Å². The van der Waals surface area contributed by atoms with E-state index in [4.69, 9.17) is 19.8 Å². The van der Waals surface area contributed by atoms with Crippen LogP contribution in [0, 0.1) is 0 Å². The van der Waals surface area contributed by atoms with Crippen LogP contribution >= 0.6 is 48.7 Å². The Kier molecular flexibility index (Phi) is 38.3. The van der Waals surface area contributed by atoms with Gasteiger partial charge in [0.05, 0.1) is 85.4 Å². The van der Waals surface area contributed by atoms with Crippen molar-refractivity contribution < 1.29 is 244 Å². The number of anilines is 8. The van der Waals surface area contributed by atoms with Gasteiger partial charge in [0.25, 0.3) is 0 Å². The molecule has 0 spiro atoms. The first-order chi connectivity index (χ1) is 36.9. The molecule has 5 aromatic carbocycles. The molecule has 412 valence electrons. The fourth-order valence-corrected chi connectivity index (χ4v) is 10.1. The molecule has 0 saturated heterocycles. The molecule has 1 aromatic heterocycles. The molecule has 0 saturated carbocycles. The molecule has 0 atom stereocenters. The monoisotopic (exact) mass is 1320 g/mol. The Bertz CT molecular complexity index is 3390. The van der Waals surface area contributed by atoms with E-state index >= 15 is 0 Å². The molecule has 0 radical (unpaired) electrons. The second-order valence-corrected chi connectivity index (χ2v) is 22.1. The molecule has 6 rings (SSSR count). The van der Waals surface area contributed by atoms with E-state index < -0.39 is 68.9 Å². The normalized spacial score (nSPS) is 11.4. The van der Waals surface area contributed by atoms with Gasteiger partial charge in [0.2, 0.25) is 17.8 Å². The summed E-state index contributed by atoms with van der Waals surface area (Å²) in [6, 6.07) is 21.5. The zero-order chi connectivity index (χ0) is 55.4. The number of sulfone groups is 2. The zero-order valence-electron chi connectivity index (χ0n) is 42.8. The Hall–Kier alpha value is -1.04. The number of azo groups is 2. The second-order valence-electron chi connectivity index (χ2n) is 14.0. The van der Waals surface area contributed by atoms with Crippen LogP contribution in [-0.2, 0) is 75.6 Å². The van der Waals surface area contributed by atoms with E-state index in [1.165, 1.54) is 66.7 Å². The first kappa shape index (κ1) is 79.0. The molecule has 45 heteroatoms. The van der Waals surface area contributed by atoms with E-state index in [9.17, 15) is 50.8 Å². The molecular weight excluding hydrogens is 1290 g/mol. The van der Waals surface area contributed by atoms with Crippen LogP contribution in [0.1, 0.15) is 0 Å². The molecule has 0 aliphatic carbocycles. The smallest absolute Gasteiger partial charge is 0.744 e. The summed E-state index contributed by atoms with van der Waals surface area (Å²) in [6.45, 7) is -0.721. The number of benzene rings is 5. The maximum absolute atomic E-state index is 12.8. The Morgan fingerprint density at radius 1 is 0.512 bits per heavy atom.